The number of ether oxygens (including phenoxy) is 2. The number of carboxylic acids is 1. The van der Waals surface area contributed by atoms with E-state index in [4.69, 9.17) is 14.6 Å². The molecule has 0 fully saturated rings. The average molecular weight is 433 g/mol. The second kappa shape index (κ2) is 9.25. The van der Waals surface area contributed by atoms with Crippen LogP contribution in [0.25, 0.3) is 0 Å². The van der Waals surface area contributed by atoms with Crippen LogP contribution in [0.5, 0.6) is 11.5 Å². The maximum absolute atomic E-state index is 15.3. The lowest BCUT2D eigenvalue weighted by Gasteiger charge is -2.19. The third-order valence-electron chi connectivity index (χ3n) is 5.47. The van der Waals surface area contributed by atoms with Gasteiger partial charge in [0.1, 0.15) is 23.8 Å². The predicted octanol–water partition coefficient (Wildman–Crippen LogP) is 5.86. The highest BCUT2D eigenvalue weighted by Crippen LogP contribution is 2.39. The highest BCUT2D eigenvalue weighted by Gasteiger charge is 2.32. The molecule has 1 aliphatic heterocycles. The Kier molecular flexibility index (Phi) is 6.87. The zero-order valence-corrected chi connectivity index (χ0v) is 18.6. The molecule has 0 atom stereocenters. The largest absolute Gasteiger partial charge is 0.487 e. The first-order valence-electron chi connectivity index (χ1n) is 10.7. The van der Waals surface area contributed by atoms with E-state index in [2.05, 4.69) is 13.8 Å². The summed E-state index contributed by atoms with van der Waals surface area (Å²) in [6, 6.07) is 6.08. The average Bonchev–Trinajstić information content (AvgIpc) is 2.98. The van der Waals surface area contributed by atoms with Crippen molar-refractivity contribution in [2.45, 2.75) is 72.0 Å². The van der Waals surface area contributed by atoms with Gasteiger partial charge in [-0.05, 0) is 68.4 Å². The first-order chi connectivity index (χ1) is 14.6. The minimum atomic E-state index is -0.918. The minimum Gasteiger partial charge on any atom is -0.487 e. The van der Waals surface area contributed by atoms with Crippen LogP contribution >= 0.6 is 0 Å². The fourth-order valence-corrected chi connectivity index (χ4v) is 3.94. The van der Waals surface area contributed by atoms with Crippen LogP contribution in [0.1, 0.15) is 62.8 Å². The second-order valence-corrected chi connectivity index (χ2v) is 9.22. The Bertz CT molecular complexity index is 966. The van der Waals surface area contributed by atoms with E-state index >= 15 is 4.39 Å². The van der Waals surface area contributed by atoms with Crippen molar-refractivity contribution in [2.24, 2.45) is 5.92 Å². The van der Waals surface area contributed by atoms with Gasteiger partial charge in [0.05, 0.1) is 0 Å². The third-order valence-corrected chi connectivity index (χ3v) is 5.47. The monoisotopic (exact) mass is 432 g/mol. The molecule has 0 saturated heterocycles. The molecular weight excluding hydrogens is 402 g/mol. The number of fused-ring (bicyclic) bond motifs is 1. The van der Waals surface area contributed by atoms with Crippen LogP contribution in [0.3, 0.4) is 0 Å². The van der Waals surface area contributed by atoms with Gasteiger partial charge in [0.2, 0.25) is 0 Å². The number of aryl methyl sites for hydroxylation is 1. The quantitative estimate of drug-likeness (QED) is 0.539. The molecule has 1 heterocycles. The number of halogens is 2. The Labute approximate surface area is 182 Å². The van der Waals surface area contributed by atoms with Gasteiger partial charge in [-0.2, -0.15) is 0 Å². The number of carbonyl (C=O) groups is 1. The fraction of sp³-hybridized carbons (Fsp3) is 0.480. The molecule has 0 aliphatic carbocycles. The van der Waals surface area contributed by atoms with Gasteiger partial charge in [-0.15, -0.1) is 0 Å². The van der Waals surface area contributed by atoms with Crippen LogP contribution in [0.2, 0.25) is 0 Å². The minimum absolute atomic E-state index is 0.0226. The fourth-order valence-electron chi connectivity index (χ4n) is 3.94. The maximum Gasteiger partial charge on any atom is 0.303 e. The van der Waals surface area contributed by atoms with Crippen molar-refractivity contribution in [1.29, 1.82) is 0 Å². The van der Waals surface area contributed by atoms with Crippen LogP contribution in [0.4, 0.5) is 8.78 Å². The number of benzene rings is 2. The van der Waals surface area contributed by atoms with Crippen molar-refractivity contribution in [3.8, 4) is 11.5 Å². The van der Waals surface area contributed by atoms with Crippen molar-refractivity contribution in [3.63, 3.8) is 0 Å². The molecule has 31 heavy (non-hydrogen) atoms. The van der Waals surface area contributed by atoms with E-state index in [1.807, 2.05) is 13.8 Å². The van der Waals surface area contributed by atoms with Gasteiger partial charge in [0.15, 0.2) is 11.6 Å². The van der Waals surface area contributed by atoms with Gasteiger partial charge >= 0.3 is 5.97 Å². The molecule has 0 aromatic heterocycles. The highest BCUT2D eigenvalue weighted by atomic mass is 19.1. The zero-order valence-electron chi connectivity index (χ0n) is 18.6. The van der Waals surface area contributed by atoms with Crippen molar-refractivity contribution in [1.82, 2.24) is 0 Å². The number of carboxylic acid groups (broad SMARTS) is 1. The van der Waals surface area contributed by atoms with Crippen molar-refractivity contribution in [3.05, 3.63) is 58.2 Å². The normalized spacial score (nSPS) is 14.4. The Morgan fingerprint density at radius 2 is 1.94 bits per heavy atom. The van der Waals surface area contributed by atoms with Crippen molar-refractivity contribution in [2.75, 3.05) is 0 Å². The summed E-state index contributed by atoms with van der Waals surface area (Å²) in [5.41, 5.74) is 2.08. The molecule has 0 amide bonds. The van der Waals surface area contributed by atoms with Crippen LogP contribution in [-0.4, -0.2) is 16.7 Å². The highest BCUT2D eigenvalue weighted by molar-refractivity contribution is 5.67. The molecule has 0 unspecified atom stereocenters. The summed E-state index contributed by atoms with van der Waals surface area (Å²) in [7, 11) is 0. The molecule has 3 rings (SSSR count). The predicted molar refractivity (Wildman–Crippen MR) is 115 cm³/mol. The molecule has 2 aromatic carbocycles. The molecule has 0 spiro atoms. The smallest absolute Gasteiger partial charge is 0.303 e. The Hall–Kier alpha value is -2.63. The van der Waals surface area contributed by atoms with Gasteiger partial charge in [-0.3, -0.25) is 4.79 Å². The molecule has 168 valence electrons. The van der Waals surface area contributed by atoms with E-state index in [0.717, 1.165) is 12.0 Å². The second-order valence-electron chi connectivity index (χ2n) is 9.22. The lowest BCUT2D eigenvalue weighted by molar-refractivity contribution is -0.136. The number of rotatable bonds is 9. The van der Waals surface area contributed by atoms with E-state index in [1.54, 1.807) is 6.07 Å². The van der Waals surface area contributed by atoms with Crippen LogP contribution in [-0.2, 0) is 30.7 Å². The summed E-state index contributed by atoms with van der Waals surface area (Å²) in [4.78, 5) is 11.0. The van der Waals surface area contributed by atoms with Gasteiger partial charge in [0.25, 0.3) is 0 Å². The summed E-state index contributed by atoms with van der Waals surface area (Å²) >= 11 is 0. The van der Waals surface area contributed by atoms with Crippen LogP contribution < -0.4 is 9.47 Å². The van der Waals surface area contributed by atoms with Gasteiger partial charge < -0.3 is 14.6 Å². The number of aliphatic carboxylic acids is 1. The van der Waals surface area contributed by atoms with E-state index in [0.29, 0.717) is 41.2 Å². The molecular formula is C25H30F2O4. The lowest BCUT2D eigenvalue weighted by atomic mass is 9.95. The zero-order chi connectivity index (χ0) is 22.8. The first kappa shape index (κ1) is 23.0. The molecule has 0 bridgehead atoms. The van der Waals surface area contributed by atoms with Gasteiger partial charge in [0, 0.05) is 24.0 Å². The van der Waals surface area contributed by atoms with E-state index in [9.17, 15) is 9.18 Å². The molecule has 1 aliphatic rings. The third kappa shape index (κ3) is 5.75. The molecule has 1 N–H and O–H groups in total. The molecule has 0 radical (unpaired) electrons. The Morgan fingerprint density at radius 1 is 1.19 bits per heavy atom. The van der Waals surface area contributed by atoms with Crippen molar-refractivity contribution >= 4 is 5.97 Å². The van der Waals surface area contributed by atoms with E-state index < -0.39 is 17.4 Å². The molecule has 4 nitrogen and oxygen atoms in total. The standard InChI is InChI=1S/C25H30F2O4/c1-15(2)5-8-20-16(7-10-22(28)29)6-9-21(23(20)27)30-14-18-12-19(26)11-17-13-25(3,4)31-24(17)18/h6,9,11-12,15H,5,7-8,10,13-14H2,1-4H3,(H,28,29). The summed E-state index contributed by atoms with van der Waals surface area (Å²) in [5, 5.41) is 8.99. The topological polar surface area (TPSA) is 55.8 Å². The first-order valence-corrected chi connectivity index (χ1v) is 10.7. The van der Waals surface area contributed by atoms with Crippen molar-refractivity contribution < 1.29 is 28.2 Å². The van der Waals surface area contributed by atoms with E-state index in [1.165, 1.54) is 18.2 Å². The summed E-state index contributed by atoms with van der Waals surface area (Å²) in [5.74, 6) is -0.707. The number of hydrogen-bond acceptors (Lipinski definition) is 3. The van der Waals surface area contributed by atoms with Gasteiger partial charge in [-0.25, -0.2) is 8.78 Å². The van der Waals surface area contributed by atoms with E-state index in [-0.39, 0.29) is 31.0 Å². The number of hydrogen-bond donors (Lipinski definition) is 1. The summed E-state index contributed by atoms with van der Waals surface area (Å²) < 4.78 is 41.1. The maximum atomic E-state index is 15.3. The van der Waals surface area contributed by atoms with Crippen LogP contribution in [0, 0.1) is 17.6 Å². The summed E-state index contributed by atoms with van der Waals surface area (Å²) in [6.07, 6.45) is 2.08. The SMILES string of the molecule is CC(C)CCc1c(CCC(=O)O)ccc(OCc2cc(F)cc3c2OC(C)(C)C3)c1F. The Balaban J connectivity index is 1.84. The summed E-state index contributed by atoms with van der Waals surface area (Å²) in [6.45, 7) is 7.96. The van der Waals surface area contributed by atoms with Gasteiger partial charge in [-0.1, -0.05) is 19.9 Å². The molecule has 0 saturated carbocycles. The lowest BCUT2D eigenvalue weighted by Crippen LogP contribution is -2.25. The molecule has 2 aromatic rings. The van der Waals surface area contributed by atoms with Crippen LogP contribution in [0.15, 0.2) is 24.3 Å². The molecule has 6 heteroatoms. The Morgan fingerprint density at radius 3 is 2.61 bits per heavy atom.